The van der Waals surface area contributed by atoms with Crippen molar-refractivity contribution >= 4 is 5.69 Å². The molecule has 82 valence electrons. The monoisotopic (exact) mass is 214 g/mol. The molecule has 1 aromatic heterocycles. The average molecular weight is 214 g/mol. The minimum absolute atomic E-state index is 0.589. The van der Waals surface area contributed by atoms with E-state index in [4.69, 9.17) is 10.5 Å². The average Bonchev–Trinajstić information content (AvgIpc) is 2.33. The fourth-order valence-electron chi connectivity index (χ4n) is 1.42. The van der Waals surface area contributed by atoms with Gasteiger partial charge in [0.15, 0.2) is 0 Å². The van der Waals surface area contributed by atoms with Crippen LogP contribution in [0.2, 0.25) is 0 Å². The first-order valence-corrected chi connectivity index (χ1v) is 5.23. The van der Waals surface area contributed by atoms with Crippen molar-refractivity contribution in [2.24, 2.45) is 0 Å². The molecule has 0 aliphatic heterocycles. The zero-order valence-corrected chi connectivity index (χ0v) is 8.97. The Balaban J connectivity index is 1.87. The molecule has 0 bridgehead atoms. The number of rotatable bonds is 4. The second-order valence-corrected chi connectivity index (χ2v) is 3.46. The Morgan fingerprint density at radius 2 is 1.88 bits per heavy atom. The highest BCUT2D eigenvalue weighted by Gasteiger charge is 1.98. The molecule has 0 amide bonds. The maximum atomic E-state index is 5.76. The van der Waals surface area contributed by atoms with Gasteiger partial charge in [0.2, 0.25) is 0 Å². The number of para-hydroxylation sites is 2. The first-order valence-electron chi connectivity index (χ1n) is 5.23. The molecule has 0 saturated carbocycles. The Labute approximate surface area is 94.9 Å². The lowest BCUT2D eigenvalue weighted by Gasteiger charge is -2.07. The molecular formula is C13H14N2O. The molecule has 0 spiro atoms. The summed E-state index contributed by atoms with van der Waals surface area (Å²) in [7, 11) is 0. The van der Waals surface area contributed by atoms with Crippen LogP contribution in [0.15, 0.2) is 48.7 Å². The van der Waals surface area contributed by atoms with E-state index < -0.39 is 0 Å². The van der Waals surface area contributed by atoms with E-state index in [1.165, 1.54) is 0 Å². The fraction of sp³-hybridized carbons (Fsp3) is 0.154. The first kappa shape index (κ1) is 10.5. The van der Waals surface area contributed by atoms with E-state index in [-0.39, 0.29) is 0 Å². The number of hydrogen-bond acceptors (Lipinski definition) is 3. The van der Waals surface area contributed by atoms with Crippen molar-refractivity contribution in [1.82, 2.24) is 4.98 Å². The molecule has 1 heterocycles. The molecule has 0 aliphatic carbocycles. The van der Waals surface area contributed by atoms with Crippen LogP contribution in [0.4, 0.5) is 5.69 Å². The Morgan fingerprint density at radius 3 is 2.62 bits per heavy atom. The van der Waals surface area contributed by atoms with Crippen LogP contribution >= 0.6 is 0 Å². The summed E-state index contributed by atoms with van der Waals surface area (Å²) in [5.41, 5.74) is 7.45. The molecule has 0 aliphatic rings. The number of nitrogen functional groups attached to an aromatic ring is 1. The Kier molecular flexibility index (Phi) is 3.38. The highest BCUT2D eigenvalue weighted by molar-refractivity contribution is 5.51. The summed E-state index contributed by atoms with van der Waals surface area (Å²) in [5.74, 6) is 0.735. The summed E-state index contributed by atoms with van der Waals surface area (Å²) < 4.78 is 5.58. The van der Waals surface area contributed by atoms with Gasteiger partial charge < -0.3 is 10.5 Å². The van der Waals surface area contributed by atoms with Gasteiger partial charge in [0.05, 0.1) is 12.3 Å². The van der Waals surface area contributed by atoms with Gasteiger partial charge in [0.25, 0.3) is 0 Å². The molecule has 16 heavy (non-hydrogen) atoms. The van der Waals surface area contributed by atoms with E-state index in [0.717, 1.165) is 17.9 Å². The highest BCUT2D eigenvalue weighted by Crippen LogP contribution is 2.19. The van der Waals surface area contributed by atoms with Crippen molar-refractivity contribution in [3.63, 3.8) is 0 Å². The normalized spacial score (nSPS) is 10.0. The Bertz CT molecular complexity index is 443. The summed E-state index contributed by atoms with van der Waals surface area (Å²) in [6, 6.07) is 13.4. The lowest BCUT2D eigenvalue weighted by Crippen LogP contribution is -2.04. The van der Waals surface area contributed by atoms with Gasteiger partial charge in [-0.05, 0) is 24.3 Å². The SMILES string of the molecule is Nc1ccccc1OCCc1ccccn1. The van der Waals surface area contributed by atoms with Crippen molar-refractivity contribution in [3.8, 4) is 5.75 Å². The van der Waals surface area contributed by atoms with Gasteiger partial charge in [0.1, 0.15) is 5.75 Å². The van der Waals surface area contributed by atoms with E-state index in [0.29, 0.717) is 12.3 Å². The van der Waals surface area contributed by atoms with E-state index >= 15 is 0 Å². The standard InChI is InChI=1S/C13H14N2O/c14-12-6-1-2-7-13(12)16-10-8-11-5-3-4-9-15-11/h1-7,9H,8,10,14H2. The molecule has 1 aromatic carbocycles. The van der Waals surface area contributed by atoms with Crippen molar-refractivity contribution in [3.05, 3.63) is 54.4 Å². The molecule has 0 atom stereocenters. The number of nitrogens with zero attached hydrogens (tertiary/aromatic N) is 1. The number of aromatic nitrogens is 1. The first-order chi connectivity index (χ1) is 7.86. The quantitative estimate of drug-likeness (QED) is 0.794. The van der Waals surface area contributed by atoms with Gasteiger partial charge in [-0.3, -0.25) is 4.98 Å². The third-order valence-electron chi connectivity index (χ3n) is 2.26. The topological polar surface area (TPSA) is 48.1 Å². The molecule has 3 heteroatoms. The summed E-state index contributed by atoms with van der Waals surface area (Å²) in [6.07, 6.45) is 2.57. The molecule has 0 fully saturated rings. The minimum Gasteiger partial charge on any atom is -0.491 e. The van der Waals surface area contributed by atoms with E-state index in [1.807, 2.05) is 42.5 Å². The molecule has 2 aromatic rings. The second-order valence-electron chi connectivity index (χ2n) is 3.46. The second kappa shape index (κ2) is 5.16. The lowest BCUT2D eigenvalue weighted by molar-refractivity contribution is 0.322. The van der Waals surface area contributed by atoms with Crippen LogP contribution in [0.5, 0.6) is 5.75 Å². The maximum Gasteiger partial charge on any atom is 0.142 e. The molecule has 2 N–H and O–H groups in total. The number of pyridine rings is 1. The van der Waals surface area contributed by atoms with Crippen molar-refractivity contribution < 1.29 is 4.74 Å². The van der Waals surface area contributed by atoms with Gasteiger partial charge in [-0.15, -0.1) is 0 Å². The van der Waals surface area contributed by atoms with Gasteiger partial charge in [-0.2, -0.15) is 0 Å². The van der Waals surface area contributed by atoms with Crippen LogP contribution in [0.1, 0.15) is 5.69 Å². The summed E-state index contributed by atoms with van der Waals surface area (Å²) >= 11 is 0. The largest absolute Gasteiger partial charge is 0.491 e. The van der Waals surface area contributed by atoms with Gasteiger partial charge in [-0.1, -0.05) is 18.2 Å². The molecular weight excluding hydrogens is 200 g/mol. The number of benzene rings is 1. The number of anilines is 1. The summed E-state index contributed by atoms with van der Waals surface area (Å²) in [6.45, 7) is 0.589. The van der Waals surface area contributed by atoms with Crippen LogP contribution in [-0.4, -0.2) is 11.6 Å². The molecule has 3 nitrogen and oxygen atoms in total. The van der Waals surface area contributed by atoms with Gasteiger partial charge >= 0.3 is 0 Å². The van der Waals surface area contributed by atoms with E-state index in [9.17, 15) is 0 Å². The zero-order chi connectivity index (χ0) is 11.2. The molecule has 2 rings (SSSR count). The van der Waals surface area contributed by atoms with Crippen molar-refractivity contribution in [2.75, 3.05) is 12.3 Å². The number of hydrogen-bond donors (Lipinski definition) is 1. The highest BCUT2D eigenvalue weighted by atomic mass is 16.5. The summed E-state index contributed by atoms with van der Waals surface area (Å²) in [5, 5.41) is 0. The van der Waals surface area contributed by atoms with E-state index in [2.05, 4.69) is 4.98 Å². The molecule has 0 saturated heterocycles. The number of nitrogens with two attached hydrogens (primary N) is 1. The van der Waals surface area contributed by atoms with Gasteiger partial charge in [0, 0.05) is 18.3 Å². The maximum absolute atomic E-state index is 5.76. The molecule has 0 unspecified atom stereocenters. The van der Waals surface area contributed by atoms with Crippen LogP contribution < -0.4 is 10.5 Å². The van der Waals surface area contributed by atoms with Crippen LogP contribution in [-0.2, 0) is 6.42 Å². The fourth-order valence-corrected chi connectivity index (χ4v) is 1.42. The Hall–Kier alpha value is -2.03. The Morgan fingerprint density at radius 1 is 1.06 bits per heavy atom. The summed E-state index contributed by atoms with van der Waals surface area (Å²) in [4.78, 5) is 4.22. The van der Waals surface area contributed by atoms with Crippen LogP contribution in [0.3, 0.4) is 0 Å². The number of ether oxygens (including phenoxy) is 1. The third-order valence-corrected chi connectivity index (χ3v) is 2.26. The van der Waals surface area contributed by atoms with Crippen LogP contribution in [0.25, 0.3) is 0 Å². The third kappa shape index (κ3) is 2.73. The zero-order valence-electron chi connectivity index (χ0n) is 8.97. The van der Waals surface area contributed by atoms with Crippen molar-refractivity contribution in [1.29, 1.82) is 0 Å². The minimum atomic E-state index is 0.589. The smallest absolute Gasteiger partial charge is 0.142 e. The van der Waals surface area contributed by atoms with Crippen molar-refractivity contribution in [2.45, 2.75) is 6.42 Å². The molecule has 0 radical (unpaired) electrons. The predicted octanol–water partition coefficient (Wildman–Crippen LogP) is 2.29. The van der Waals surface area contributed by atoms with E-state index in [1.54, 1.807) is 6.20 Å². The lowest BCUT2D eigenvalue weighted by atomic mass is 10.3. The predicted molar refractivity (Wildman–Crippen MR) is 64.3 cm³/mol. The van der Waals surface area contributed by atoms with Gasteiger partial charge in [-0.25, -0.2) is 0 Å². The van der Waals surface area contributed by atoms with Crippen LogP contribution in [0, 0.1) is 0 Å².